The zero-order chi connectivity index (χ0) is 12.3. The second-order valence-electron chi connectivity index (χ2n) is 3.65. The molecule has 3 nitrogen and oxygen atoms in total. The standard InChI is InChI=1S/C12H11Cl2N3/c1-17(8-9-5-3-2-4-6-9)11-10(13)7-15-12(14)16-11/h2-7H,8H2,1H3. The molecule has 2 rings (SSSR count). The molecule has 0 atom stereocenters. The summed E-state index contributed by atoms with van der Waals surface area (Å²) in [6.07, 6.45) is 1.51. The van der Waals surface area contributed by atoms with Crippen LogP contribution in [0.3, 0.4) is 0 Å². The molecule has 0 aliphatic carbocycles. The molecule has 0 N–H and O–H groups in total. The Morgan fingerprint density at radius 1 is 1.18 bits per heavy atom. The Balaban J connectivity index is 2.20. The molecule has 0 spiro atoms. The molecule has 0 amide bonds. The maximum Gasteiger partial charge on any atom is 0.224 e. The zero-order valence-corrected chi connectivity index (χ0v) is 10.8. The predicted octanol–water partition coefficient (Wildman–Crippen LogP) is 3.42. The van der Waals surface area contributed by atoms with Gasteiger partial charge in [-0.1, -0.05) is 41.9 Å². The smallest absolute Gasteiger partial charge is 0.224 e. The number of hydrogen-bond acceptors (Lipinski definition) is 3. The molecule has 0 radical (unpaired) electrons. The monoisotopic (exact) mass is 267 g/mol. The molecular formula is C12H11Cl2N3. The molecule has 17 heavy (non-hydrogen) atoms. The van der Waals surface area contributed by atoms with E-state index in [0.29, 0.717) is 17.4 Å². The van der Waals surface area contributed by atoms with Crippen molar-refractivity contribution in [2.75, 3.05) is 11.9 Å². The summed E-state index contributed by atoms with van der Waals surface area (Å²) >= 11 is 11.8. The van der Waals surface area contributed by atoms with Crippen molar-refractivity contribution in [2.24, 2.45) is 0 Å². The van der Waals surface area contributed by atoms with E-state index in [2.05, 4.69) is 9.97 Å². The van der Waals surface area contributed by atoms with Crippen LogP contribution in [0.2, 0.25) is 10.3 Å². The van der Waals surface area contributed by atoms with Gasteiger partial charge in [0, 0.05) is 13.6 Å². The molecule has 1 aromatic heterocycles. The van der Waals surface area contributed by atoms with Crippen molar-refractivity contribution in [3.8, 4) is 0 Å². The molecule has 88 valence electrons. The average Bonchev–Trinajstić information content (AvgIpc) is 2.33. The molecular weight excluding hydrogens is 257 g/mol. The molecule has 0 saturated heterocycles. The van der Waals surface area contributed by atoms with E-state index in [1.54, 1.807) is 0 Å². The van der Waals surface area contributed by atoms with Crippen molar-refractivity contribution in [1.82, 2.24) is 9.97 Å². The minimum absolute atomic E-state index is 0.198. The molecule has 0 saturated carbocycles. The van der Waals surface area contributed by atoms with Crippen LogP contribution in [0.4, 0.5) is 5.82 Å². The first-order valence-corrected chi connectivity index (χ1v) is 5.85. The van der Waals surface area contributed by atoms with E-state index in [-0.39, 0.29) is 5.28 Å². The van der Waals surface area contributed by atoms with Crippen LogP contribution in [-0.2, 0) is 6.54 Å². The normalized spacial score (nSPS) is 10.3. The van der Waals surface area contributed by atoms with Gasteiger partial charge in [0.05, 0.1) is 6.20 Å². The lowest BCUT2D eigenvalue weighted by atomic mass is 10.2. The highest BCUT2D eigenvalue weighted by atomic mass is 35.5. The van der Waals surface area contributed by atoms with Gasteiger partial charge < -0.3 is 4.90 Å². The van der Waals surface area contributed by atoms with E-state index in [4.69, 9.17) is 23.2 Å². The fourth-order valence-corrected chi connectivity index (χ4v) is 1.90. The third kappa shape index (κ3) is 3.08. The van der Waals surface area contributed by atoms with Gasteiger partial charge in [-0.05, 0) is 17.2 Å². The van der Waals surface area contributed by atoms with Gasteiger partial charge in [-0.15, -0.1) is 0 Å². The fraction of sp³-hybridized carbons (Fsp3) is 0.167. The van der Waals surface area contributed by atoms with Crippen LogP contribution in [0.25, 0.3) is 0 Å². The summed E-state index contributed by atoms with van der Waals surface area (Å²) in [6.45, 7) is 0.716. The van der Waals surface area contributed by atoms with Crippen LogP contribution in [0.15, 0.2) is 36.5 Å². The molecule has 0 fully saturated rings. The van der Waals surface area contributed by atoms with E-state index in [0.717, 1.165) is 0 Å². The molecule has 2 aromatic rings. The van der Waals surface area contributed by atoms with Crippen molar-refractivity contribution >= 4 is 29.0 Å². The van der Waals surface area contributed by atoms with E-state index in [9.17, 15) is 0 Å². The Morgan fingerprint density at radius 2 is 1.88 bits per heavy atom. The lowest BCUT2D eigenvalue weighted by Crippen LogP contribution is -2.18. The minimum Gasteiger partial charge on any atom is -0.354 e. The second-order valence-corrected chi connectivity index (χ2v) is 4.40. The van der Waals surface area contributed by atoms with E-state index >= 15 is 0 Å². The van der Waals surface area contributed by atoms with E-state index in [1.807, 2.05) is 42.3 Å². The number of nitrogens with zero attached hydrogens (tertiary/aromatic N) is 3. The maximum atomic E-state index is 6.03. The summed E-state index contributed by atoms with van der Waals surface area (Å²) in [7, 11) is 1.91. The second kappa shape index (κ2) is 5.34. The summed E-state index contributed by atoms with van der Waals surface area (Å²) in [5, 5.41) is 0.692. The maximum absolute atomic E-state index is 6.03. The zero-order valence-electron chi connectivity index (χ0n) is 9.27. The first-order valence-electron chi connectivity index (χ1n) is 5.10. The van der Waals surface area contributed by atoms with Crippen LogP contribution < -0.4 is 4.90 Å². The van der Waals surface area contributed by atoms with Crippen molar-refractivity contribution < 1.29 is 0 Å². The fourth-order valence-electron chi connectivity index (χ4n) is 1.54. The highest BCUT2D eigenvalue weighted by Crippen LogP contribution is 2.23. The van der Waals surface area contributed by atoms with Crippen molar-refractivity contribution in [1.29, 1.82) is 0 Å². The largest absolute Gasteiger partial charge is 0.354 e. The summed E-state index contributed by atoms with van der Waals surface area (Å²) in [6, 6.07) is 10.1. The minimum atomic E-state index is 0.198. The van der Waals surface area contributed by atoms with Gasteiger partial charge in [-0.25, -0.2) is 4.98 Å². The highest BCUT2D eigenvalue weighted by molar-refractivity contribution is 6.33. The summed E-state index contributed by atoms with van der Waals surface area (Å²) in [4.78, 5) is 9.88. The summed E-state index contributed by atoms with van der Waals surface area (Å²) in [5.41, 5.74) is 1.18. The first-order chi connectivity index (χ1) is 8.16. The quantitative estimate of drug-likeness (QED) is 0.799. The predicted molar refractivity (Wildman–Crippen MR) is 70.6 cm³/mol. The number of anilines is 1. The molecule has 5 heteroatoms. The van der Waals surface area contributed by atoms with Crippen LogP contribution in [0, 0.1) is 0 Å². The summed E-state index contributed by atoms with van der Waals surface area (Å²) < 4.78 is 0. The van der Waals surface area contributed by atoms with Gasteiger partial charge in [0.15, 0.2) is 5.82 Å². The van der Waals surface area contributed by atoms with Gasteiger partial charge in [-0.2, -0.15) is 4.98 Å². The molecule has 0 aliphatic rings. The molecule has 0 bridgehead atoms. The number of aromatic nitrogens is 2. The lowest BCUT2D eigenvalue weighted by Gasteiger charge is -2.19. The Hall–Kier alpha value is -1.32. The topological polar surface area (TPSA) is 29.0 Å². The van der Waals surface area contributed by atoms with Gasteiger partial charge in [0.1, 0.15) is 5.02 Å². The Kier molecular flexibility index (Phi) is 3.82. The number of benzene rings is 1. The summed E-state index contributed by atoms with van der Waals surface area (Å²) in [5.74, 6) is 0.635. The third-order valence-corrected chi connectivity index (χ3v) is 2.77. The van der Waals surface area contributed by atoms with E-state index in [1.165, 1.54) is 11.8 Å². The third-order valence-electron chi connectivity index (χ3n) is 2.32. The van der Waals surface area contributed by atoms with Crippen LogP contribution in [0.5, 0.6) is 0 Å². The Labute approximate surface area is 110 Å². The van der Waals surface area contributed by atoms with Crippen LogP contribution in [0.1, 0.15) is 5.56 Å². The molecule has 0 aliphatic heterocycles. The van der Waals surface area contributed by atoms with Crippen molar-refractivity contribution in [3.63, 3.8) is 0 Å². The average molecular weight is 268 g/mol. The van der Waals surface area contributed by atoms with Gasteiger partial charge in [0.2, 0.25) is 5.28 Å². The molecule has 1 aromatic carbocycles. The SMILES string of the molecule is CN(Cc1ccccc1)c1nc(Cl)ncc1Cl. The van der Waals surface area contributed by atoms with E-state index < -0.39 is 0 Å². The number of halogens is 2. The first kappa shape index (κ1) is 12.1. The van der Waals surface area contributed by atoms with Gasteiger partial charge >= 0.3 is 0 Å². The van der Waals surface area contributed by atoms with Crippen molar-refractivity contribution in [2.45, 2.75) is 6.54 Å². The number of hydrogen-bond donors (Lipinski definition) is 0. The van der Waals surface area contributed by atoms with Crippen molar-refractivity contribution in [3.05, 3.63) is 52.4 Å². The van der Waals surface area contributed by atoms with Crippen LogP contribution in [-0.4, -0.2) is 17.0 Å². The van der Waals surface area contributed by atoms with Gasteiger partial charge in [0.25, 0.3) is 0 Å². The Morgan fingerprint density at radius 3 is 2.59 bits per heavy atom. The Bertz CT molecular complexity index is 502. The highest BCUT2D eigenvalue weighted by Gasteiger charge is 2.09. The molecule has 0 unspecified atom stereocenters. The van der Waals surface area contributed by atoms with Gasteiger partial charge in [-0.3, -0.25) is 0 Å². The molecule has 1 heterocycles. The number of rotatable bonds is 3. The lowest BCUT2D eigenvalue weighted by molar-refractivity contribution is 0.891. The van der Waals surface area contributed by atoms with Crippen LogP contribution >= 0.6 is 23.2 Å².